The van der Waals surface area contributed by atoms with Crippen molar-refractivity contribution in [2.45, 2.75) is 45.6 Å². The quantitative estimate of drug-likeness (QED) is 0.722. The van der Waals surface area contributed by atoms with Gasteiger partial charge in [-0.05, 0) is 50.4 Å². The Morgan fingerprint density at radius 2 is 2.21 bits per heavy atom. The van der Waals surface area contributed by atoms with Crippen LogP contribution in [0.2, 0.25) is 0 Å². The number of nitrogens with one attached hydrogen (secondary N) is 1. The molecule has 1 aromatic carbocycles. The largest absolute Gasteiger partial charge is 0.497 e. The van der Waals surface area contributed by atoms with E-state index in [-0.39, 0.29) is 0 Å². The summed E-state index contributed by atoms with van der Waals surface area (Å²) < 4.78 is 5.27. The van der Waals surface area contributed by atoms with Crippen molar-refractivity contribution in [3.8, 4) is 17.6 Å². The van der Waals surface area contributed by atoms with Gasteiger partial charge in [-0.2, -0.15) is 0 Å². The summed E-state index contributed by atoms with van der Waals surface area (Å²) in [5.74, 6) is 7.04. The molecule has 0 amide bonds. The molecular weight excluding hydrogens is 234 g/mol. The third kappa shape index (κ3) is 6.31. The minimum atomic E-state index is 0.493. The van der Waals surface area contributed by atoms with Gasteiger partial charge in [0.2, 0.25) is 0 Å². The van der Waals surface area contributed by atoms with Crippen molar-refractivity contribution in [2.24, 2.45) is 0 Å². The summed E-state index contributed by atoms with van der Waals surface area (Å²) in [5, 5.41) is 3.61. The van der Waals surface area contributed by atoms with E-state index < -0.39 is 0 Å². The summed E-state index contributed by atoms with van der Waals surface area (Å²) in [6.07, 6.45) is 4.25. The van der Waals surface area contributed by atoms with E-state index in [1.165, 1.54) is 5.56 Å². The Morgan fingerprint density at radius 1 is 1.37 bits per heavy atom. The van der Waals surface area contributed by atoms with Crippen molar-refractivity contribution in [2.75, 3.05) is 13.7 Å². The normalized spacial score (nSPS) is 11.5. The molecule has 1 unspecified atom stereocenters. The Labute approximate surface area is 117 Å². The highest BCUT2D eigenvalue weighted by atomic mass is 16.5. The van der Waals surface area contributed by atoms with Gasteiger partial charge >= 0.3 is 0 Å². The van der Waals surface area contributed by atoms with Crippen molar-refractivity contribution in [1.82, 2.24) is 5.32 Å². The summed E-state index contributed by atoms with van der Waals surface area (Å²) in [7, 11) is 1.71. The van der Waals surface area contributed by atoms with Crippen molar-refractivity contribution in [1.29, 1.82) is 0 Å². The monoisotopic (exact) mass is 259 g/mol. The lowest BCUT2D eigenvalue weighted by molar-refractivity contribution is 0.413. The lowest BCUT2D eigenvalue weighted by Crippen LogP contribution is -2.31. The highest BCUT2D eigenvalue weighted by Crippen LogP contribution is 2.15. The first-order valence-corrected chi connectivity index (χ1v) is 7.06. The van der Waals surface area contributed by atoms with E-state index in [1.807, 2.05) is 13.0 Å². The Balaban J connectivity index is 2.59. The Hall–Kier alpha value is -1.46. The molecule has 0 saturated heterocycles. The minimum absolute atomic E-state index is 0.493. The van der Waals surface area contributed by atoms with Gasteiger partial charge in [-0.1, -0.05) is 19.1 Å². The van der Waals surface area contributed by atoms with Crippen LogP contribution >= 0.6 is 0 Å². The molecular formula is C17H25NO. The lowest BCUT2D eigenvalue weighted by atomic mass is 10.0. The third-order valence-corrected chi connectivity index (χ3v) is 3.09. The van der Waals surface area contributed by atoms with Gasteiger partial charge in [-0.15, -0.1) is 11.8 Å². The van der Waals surface area contributed by atoms with Crippen molar-refractivity contribution < 1.29 is 4.74 Å². The Kier molecular flexibility index (Phi) is 7.77. The first kappa shape index (κ1) is 15.6. The molecule has 0 aliphatic heterocycles. The number of benzene rings is 1. The topological polar surface area (TPSA) is 21.3 Å². The average molecular weight is 259 g/mol. The molecule has 2 nitrogen and oxygen atoms in total. The van der Waals surface area contributed by atoms with Gasteiger partial charge in [0.25, 0.3) is 0 Å². The molecule has 1 atom stereocenters. The second-order valence-corrected chi connectivity index (χ2v) is 4.67. The van der Waals surface area contributed by atoms with Crippen LogP contribution < -0.4 is 10.1 Å². The molecule has 0 aliphatic carbocycles. The van der Waals surface area contributed by atoms with Crippen LogP contribution in [0, 0.1) is 11.8 Å². The highest BCUT2D eigenvalue weighted by Gasteiger charge is 2.08. The van der Waals surface area contributed by atoms with Crippen molar-refractivity contribution >= 4 is 0 Å². The molecule has 0 radical (unpaired) electrons. The number of methoxy groups -OCH3 is 1. The summed E-state index contributed by atoms with van der Waals surface area (Å²) in [5.41, 5.74) is 1.32. The number of rotatable bonds is 8. The molecule has 2 heteroatoms. The summed E-state index contributed by atoms with van der Waals surface area (Å²) in [6.45, 7) is 5.16. The fourth-order valence-electron chi connectivity index (χ4n) is 2.08. The van der Waals surface area contributed by atoms with E-state index in [4.69, 9.17) is 4.74 Å². The molecule has 19 heavy (non-hydrogen) atoms. The zero-order valence-electron chi connectivity index (χ0n) is 12.3. The van der Waals surface area contributed by atoms with Crippen LogP contribution in [-0.2, 0) is 6.42 Å². The Morgan fingerprint density at radius 3 is 2.89 bits per heavy atom. The lowest BCUT2D eigenvalue weighted by Gasteiger charge is -2.18. The molecule has 1 rings (SSSR count). The number of ether oxygens (including phenoxy) is 1. The third-order valence-electron chi connectivity index (χ3n) is 3.09. The van der Waals surface area contributed by atoms with Crippen LogP contribution in [-0.4, -0.2) is 19.7 Å². The molecule has 0 spiro atoms. The standard InChI is InChI=1S/C17H25NO/c1-4-6-7-10-16(18-12-5-2)13-15-9-8-11-17(14-15)19-3/h8-9,11,14,16,18H,5,7,10,12-13H2,1-3H3. The highest BCUT2D eigenvalue weighted by molar-refractivity contribution is 5.29. The van der Waals surface area contributed by atoms with E-state index in [2.05, 4.69) is 42.3 Å². The molecule has 1 aromatic rings. The molecule has 0 bridgehead atoms. The van der Waals surface area contributed by atoms with Crippen LogP contribution in [0.15, 0.2) is 24.3 Å². The van der Waals surface area contributed by atoms with Gasteiger partial charge in [0.05, 0.1) is 7.11 Å². The van der Waals surface area contributed by atoms with E-state index in [0.717, 1.165) is 38.0 Å². The van der Waals surface area contributed by atoms with Crippen LogP contribution in [0.3, 0.4) is 0 Å². The van der Waals surface area contributed by atoms with E-state index in [1.54, 1.807) is 7.11 Å². The fraction of sp³-hybridized carbons (Fsp3) is 0.529. The van der Waals surface area contributed by atoms with E-state index in [0.29, 0.717) is 6.04 Å². The first-order chi connectivity index (χ1) is 9.30. The van der Waals surface area contributed by atoms with Gasteiger partial charge in [-0.3, -0.25) is 0 Å². The second kappa shape index (κ2) is 9.47. The van der Waals surface area contributed by atoms with Gasteiger partial charge in [0.15, 0.2) is 0 Å². The van der Waals surface area contributed by atoms with Crippen LogP contribution in [0.4, 0.5) is 0 Å². The van der Waals surface area contributed by atoms with Gasteiger partial charge < -0.3 is 10.1 Å². The minimum Gasteiger partial charge on any atom is -0.497 e. The number of hydrogen-bond acceptors (Lipinski definition) is 2. The van der Waals surface area contributed by atoms with Crippen molar-refractivity contribution in [3.05, 3.63) is 29.8 Å². The molecule has 0 saturated carbocycles. The van der Waals surface area contributed by atoms with Crippen LogP contribution in [0.1, 0.15) is 38.7 Å². The SMILES string of the molecule is CC#CCCC(Cc1cccc(OC)c1)NCCC. The fourth-order valence-corrected chi connectivity index (χ4v) is 2.08. The molecule has 104 valence electrons. The first-order valence-electron chi connectivity index (χ1n) is 7.06. The molecule has 0 fully saturated rings. The van der Waals surface area contributed by atoms with Gasteiger partial charge in [0, 0.05) is 12.5 Å². The predicted octanol–water partition coefficient (Wildman–Crippen LogP) is 3.41. The maximum atomic E-state index is 5.27. The maximum absolute atomic E-state index is 5.27. The van der Waals surface area contributed by atoms with Crippen LogP contribution in [0.25, 0.3) is 0 Å². The molecule has 0 aromatic heterocycles. The van der Waals surface area contributed by atoms with Gasteiger partial charge in [0.1, 0.15) is 5.75 Å². The number of hydrogen-bond donors (Lipinski definition) is 1. The van der Waals surface area contributed by atoms with Crippen molar-refractivity contribution in [3.63, 3.8) is 0 Å². The summed E-state index contributed by atoms with van der Waals surface area (Å²) in [4.78, 5) is 0. The summed E-state index contributed by atoms with van der Waals surface area (Å²) >= 11 is 0. The molecule has 1 N–H and O–H groups in total. The zero-order chi connectivity index (χ0) is 13.9. The smallest absolute Gasteiger partial charge is 0.119 e. The Bertz CT molecular complexity index is 417. The second-order valence-electron chi connectivity index (χ2n) is 4.67. The van der Waals surface area contributed by atoms with Crippen LogP contribution in [0.5, 0.6) is 5.75 Å². The molecule has 0 aliphatic rings. The van der Waals surface area contributed by atoms with E-state index in [9.17, 15) is 0 Å². The average Bonchev–Trinajstić information content (AvgIpc) is 2.45. The maximum Gasteiger partial charge on any atom is 0.119 e. The zero-order valence-corrected chi connectivity index (χ0v) is 12.3. The van der Waals surface area contributed by atoms with E-state index >= 15 is 0 Å². The summed E-state index contributed by atoms with van der Waals surface area (Å²) in [6, 6.07) is 8.81. The van der Waals surface area contributed by atoms with Gasteiger partial charge in [-0.25, -0.2) is 0 Å². The predicted molar refractivity (Wildman–Crippen MR) is 81.5 cm³/mol. The molecule has 0 heterocycles.